The normalized spacial score (nSPS) is 13.8. The van der Waals surface area contributed by atoms with Gasteiger partial charge < -0.3 is 14.4 Å². The maximum Gasteiger partial charge on any atom is 0.407 e. The van der Waals surface area contributed by atoms with E-state index < -0.39 is 14.4 Å². The molecule has 4 nitrogen and oxygen atoms in total. The molecule has 0 saturated heterocycles. The summed E-state index contributed by atoms with van der Waals surface area (Å²) in [7, 11) is -0.372. The molecule has 1 amide bonds. The van der Waals surface area contributed by atoms with Crippen molar-refractivity contribution in [1.29, 1.82) is 0 Å². The van der Waals surface area contributed by atoms with E-state index in [-0.39, 0.29) is 11.1 Å². The van der Waals surface area contributed by atoms with Crippen molar-refractivity contribution in [3.05, 3.63) is 34.9 Å². The third-order valence-electron chi connectivity index (χ3n) is 4.43. The highest BCUT2D eigenvalue weighted by molar-refractivity contribution is 6.74. The van der Waals surface area contributed by atoms with Crippen molar-refractivity contribution >= 4 is 26.0 Å². The van der Waals surface area contributed by atoms with E-state index in [9.17, 15) is 9.90 Å². The summed E-state index contributed by atoms with van der Waals surface area (Å²) in [5.74, 6) is 0. The Bertz CT molecular complexity index is 511. The number of hydrogen-bond donors (Lipinski definition) is 1. The highest BCUT2D eigenvalue weighted by atomic mass is 35.5. The van der Waals surface area contributed by atoms with E-state index in [1.165, 1.54) is 4.90 Å². The van der Waals surface area contributed by atoms with Crippen LogP contribution >= 0.6 is 11.6 Å². The fraction of sp³-hybridized carbons (Fsp3) is 0.562. The second-order valence-electron chi connectivity index (χ2n) is 7.03. The maximum atomic E-state index is 11.4. The lowest BCUT2D eigenvalue weighted by Crippen LogP contribution is -2.43. The van der Waals surface area contributed by atoms with Crippen LogP contribution in [0.5, 0.6) is 0 Å². The van der Waals surface area contributed by atoms with Gasteiger partial charge in [-0.1, -0.05) is 44.5 Å². The molecule has 0 aliphatic heterocycles. The fourth-order valence-electron chi connectivity index (χ4n) is 1.75. The van der Waals surface area contributed by atoms with Gasteiger partial charge in [-0.25, -0.2) is 4.79 Å². The van der Waals surface area contributed by atoms with Crippen LogP contribution in [0.4, 0.5) is 4.79 Å². The molecule has 0 fully saturated rings. The van der Waals surface area contributed by atoms with Crippen LogP contribution < -0.4 is 0 Å². The molecule has 0 saturated carbocycles. The van der Waals surface area contributed by atoms with E-state index in [1.54, 1.807) is 19.2 Å². The van der Waals surface area contributed by atoms with Crippen molar-refractivity contribution in [1.82, 2.24) is 4.90 Å². The fourth-order valence-corrected chi connectivity index (χ4v) is 2.89. The third-order valence-corrected chi connectivity index (χ3v) is 9.18. The summed E-state index contributed by atoms with van der Waals surface area (Å²) in [6.45, 7) is 11.2. The largest absolute Gasteiger partial charge is 0.465 e. The molecule has 0 aliphatic rings. The Balaban J connectivity index is 2.98. The Morgan fingerprint density at radius 1 is 1.32 bits per heavy atom. The van der Waals surface area contributed by atoms with E-state index in [2.05, 4.69) is 33.9 Å². The highest BCUT2D eigenvalue weighted by Gasteiger charge is 2.38. The number of carbonyl (C=O) groups is 1. The van der Waals surface area contributed by atoms with Crippen molar-refractivity contribution in [3.63, 3.8) is 0 Å². The van der Waals surface area contributed by atoms with Gasteiger partial charge in [0, 0.05) is 12.1 Å². The first-order valence-electron chi connectivity index (χ1n) is 7.31. The predicted octanol–water partition coefficient (Wildman–Crippen LogP) is 5.01. The van der Waals surface area contributed by atoms with E-state index in [0.29, 0.717) is 11.6 Å². The summed E-state index contributed by atoms with van der Waals surface area (Å²) in [4.78, 5) is 12.6. The summed E-state index contributed by atoms with van der Waals surface area (Å²) in [5.41, 5.74) is 0.882. The summed E-state index contributed by atoms with van der Waals surface area (Å²) in [6, 6.07) is 6.89. The van der Waals surface area contributed by atoms with Gasteiger partial charge in [0.15, 0.2) is 8.32 Å². The second-order valence-corrected chi connectivity index (χ2v) is 12.3. The molecule has 0 heterocycles. The Morgan fingerprint density at radius 3 is 2.23 bits per heavy atom. The lowest BCUT2D eigenvalue weighted by molar-refractivity contribution is 0.115. The van der Waals surface area contributed by atoms with Gasteiger partial charge in [-0.05, 0) is 35.8 Å². The second kappa shape index (κ2) is 7.02. The first-order valence-corrected chi connectivity index (χ1v) is 10.6. The zero-order valence-corrected chi connectivity index (χ0v) is 15.9. The van der Waals surface area contributed by atoms with Gasteiger partial charge in [-0.3, -0.25) is 0 Å². The molecule has 0 bridgehead atoms. The standard InChI is InChI=1S/C16H26ClNO3Si/c1-16(2,3)22(5,6)21-11-14(18(4)15(19)20)12-7-9-13(17)10-8-12/h7-10,14H,11H2,1-6H3,(H,19,20)/t14-/m1/s1. The monoisotopic (exact) mass is 343 g/mol. The molecular formula is C16H26ClNO3Si. The molecule has 1 atom stereocenters. The Hall–Kier alpha value is -1.04. The zero-order chi connectivity index (χ0) is 17.1. The number of hydrogen-bond acceptors (Lipinski definition) is 2. The number of halogens is 1. The molecule has 1 rings (SSSR count). The summed E-state index contributed by atoms with van der Waals surface area (Å²) < 4.78 is 6.21. The molecule has 1 aromatic rings. The first kappa shape index (κ1) is 19.0. The molecule has 0 radical (unpaired) electrons. The van der Waals surface area contributed by atoms with Crippen LogP contribution in [0.2, 0.25) is 23.2 Å². The van der Waals surface area contributed by atoms with Crippen molar-refractivity contribution in [2.24, 2.45) is 0 Å². The summed E-state index contributed by atoms with van der Waals surface area (Å²) >= 11 is 5.91. The van der Waals surface area contributed by atoms with Gasteiger partial charge in [0.1, 0.15) is 0 Å². The quantitative estimate of drug-likeness (QED) is 0.764. The van der Waals surface area contributed by atoms with Crippen LogP contribution in [-0.4, -0.2) is 38.1 Å². The molecule has 1 aromatic carbocycles. The first-order chi connectivity index (χ1) is 9.95. The molecule has 0 aliphatic carbocycles. The number of rotatable bonds is 5. The smallest absolute Gasteiger partial charge is 0.407 e. The lowest BCUT2D eigenvalue weighted by Gasteiger charge is -2.38. The average molecular weight is 344 g/mol. The van der Waals surface area contributed by atoms with Gasteiger partial charge in [0.2, 0.25) is 0 Å². The minimum atomic E-state index is -1.94. The van der Waals surface area contributed by atoms with Crippen LogP contribution in [0.1, 0.15) is 32.4 Å². The van der Waals surface area contributed by atoms with Gasteiger partial charge >= 0.3 is 6.09 Å². The van der Waals surface area contributed by atoms with Crippen LogP contribution in [0.3, 0.4) is 0 Å². The van der Waals surface area contributed by atoms with E-state index in [0.717, 1.165) is 5.56 Å². The highest BCUT2D eigenvalue weighted by Crippen LogP contribution is 2.37. The maximum absolute atomic E-state index is 11.4. The minimum Gasteiger partial charge on any atom is -0.465 e. The van der Waals surface area contributed by atoms with Gasteiger partial charge in [0.25, 0.3) is 0 Å². The van der Waals surface area contributed by atoms with E-state index >= 15 is 0 Å². The van der Waals surface area contributed by atoms with Crippen molar-refractivity contribution in [3.8, 4) is 0 Å². The predicted molar refractivity (Wildman–Crippen MR) is 93.1 cm³/mol. The van der Waals surface area contributed by atoms with Crippen LogP contribution in [-0.2, 0) is 4.43 Å². The molecule has 22 heavy (non-hydrogen) atoms. The van der Waals surface area contributed by atoms with Crippen molar-refractivity contribution in [2.45, 2.75) is 44.9 Å². The molecule has 6 heteroatoms. The number of nitrogens with zero attached hydrogens (tertiary/aromatic N) is 1. The Morgan fingerprint density at radius 2 is 1.82 bits per heavy atom. The number of carboxylic acid groups (broad SMARTS) is 1. The molecule has 0 aromatic heterocycles. The van der Waals surface area contributed by atoms with Gasteiger partial charge in [-0.2, -0.15) is 0 Å². The molecule has 0 spiro atoms. The Labute approximate surface area is 139 Å². The number of amides is 1. The number of likely N-dealkylation sites (N-methyl/N-ethyl adjacent to an activating group) is 1. The van der Waals surface area contributed by atoms with Crippen LogP contribution in [0.25, 0.3) is 0 Å². The zero-order valence-electron chi connectivity index (χ0n) is 14.2. The molecule has 0 unspecified atom stereocenters. The average Bonchev–Trinajstić information content (AvgIpc) is 2.39. The Kier molecular flexibility index (Phi) is 6.07. The van der Waals surface area contributed by atoms with Gasteiger partial charge in [0.05, 0.1) is 12.6 Å². The number of benzene rings is 1. The van der Waals surface area contributed by atoms with Crippen molar-refractivity contribution in [2.75, 3.05) is 13.7 Å². The SMILES string of the molecule is CN(C(=O)O)[C@H](CO[Si](C)(C)C(C)(C)C)c1ccc(Cl)cc1. The van der Waals surface area contributed by atoms with E-state index in [1.807, 2.05) is 12.1 Å². The molecule has 124 valence electrons. The third kappa shape index (κ3) is 4.73. The van der Waals surface area contributed by atoms with E-state index in [4.69, 9.17) is 16.0 Å². The van der Waals surface area contributed by atoms with Crippen LogP contribution in [0, 0.1) is 0 Å². The molecule has 1 N–H and O–H groups in total. The summed E-state index contributed by atoms with van der Waals surface area (Å²) in [6.07, 6.45) is -0.973. The van der Waals surface area contributed by atoms with Crippen LogP contribution in [0.15, 0.2) is 24.3 Å². The lowest BCUT2D eigenvalue weighted by atomic mass is 10.1. The topological polar surface area (TPSA) is 49.8 Å². The van der Waals surface area contributed by atoms with Crippen molar-refractivity contribution < 1.29 is 14.3 Å². The molecular weight excluding hydrogens is 318 g/mol. The minimum absolute atomic E-state index is 0.0827. The summed E-state index contributed by atoms with van der Waals surface area (Å²) in [5, 5.41) is 10.0. The van der Waals surface area contributed by atoms with Gasteiger partial charge in [-0.15, -0.1) is 0 Å².